The van der Waals surface area contributed by atoms with Gasteiger partial charge in [-0.05, 0) is 60.5 Å². The largest absolute Gasteiger partial charge is 0.493 e. The van der Waals surface area contributed by atoms with Crippen molar-refractivity contribution in [2.45, 2.75) is 19.9 Å². The van der Waals surface area contributed by atoms with E-state index in [-0.39, 0.29) is 17.4 Å². The normalized spacial score (nSPS) is 17.3. The van der Waals surface area contributed by atoms with Crippen LogP contribution in [0.15, 0.2) is 51.8 Å². The first kappa shape index (κ1) is 21.6. The second-order valence-electron chi connectivity index (χ2n) is 7.22. The fourth-order valence-corrected chi connectivity index (χ4v) is 4.85. The minimum Gasteiger partial charge on any atom is -0.493 e. The van der Waals surface area contributed by atoms with Gasteiger partial charge in [-0.15, -0.1) is 0 Å². The summed E-state index contributed by atoms with van der Waals surface area (Å²) < 4.78 is 6.45. The summed E-state index contributed by atoms with van der Waals surface area (Å²) in [7, 11) is 0. The maximum Gasteiger partial charge on any atom is 0.294 e. The zero-order valence-electron chi connectivity index (χ0n) is 17.0. The molecule has 2 aromatic carbocycles. The van der Waals surface area contributed by atoms with Gasteiger partial charge in [0, 0.05) is 23.1 Å². The fourth-order valence-electron chi connectivity index (χ4n) is 3.64. The summed E-state index contributed by atoms with van der Waals surface area (Å²) in [5.41, 5.74) is 3.04. The minimum absolute atomic E-state index is 0.226. The summed E-state index contributed by atoms with van der Waals surface area (Å²) in [6, 6.07) is 13.5. The van der Waals surface area contributed by atoms with Crippen LogP contribution in [0.5, 0.6) is 5.75 Å². The van der Waals surface area contributed by atoms with Gasteiger partial charge in [0.2, 0.25) is 5.91 Å². The van der Waals surface area contributed by atoms with E-state index in [0.29, 0.717) is 31.0 Å². The second kappa shape index (κ2) is 9.28. The number of amides is 3. The lowest BCUT2D eigenvalue weighted by Gasteiger charge is -2.29. The first-order valence-electron chi connectivity index (χ1n) is 9.98. The highest BCUT2D eigenvalue weighted by atomic mass is 79.9. The first-order valence-corrected chi connectivity index (χ1v) is 11.6. The highest BCUT2D eigenvalue weighted by Gasteiger charge is 2.37. The Morgan fingerprint density at radius 2 is 1.97 bits per heavy atom. The zero-order valence-corrected chi connectivity index (χ0v) is 19.4. The lowest BCUT2D eigenvalue weighted by atomic mass is 10.00. The fraction of sp³-hybridized carbons (Fsp3) is 0.261. The Balaban J connectivity index is 1.49. The molecule has 160 valence electrons. The molecular weight excluding hydrogens is 480 g/mol. The molecule has 1 fully saturated rings. The van der Waals surface area contributed by atoms with Crippen molar-refractivity contribution in [3.8, 4) is 5.75 Å². The van der Waals surface area contributed by atoms with Gasteiger partial charge in [0.1, 0.15) is 12.3 Å². The van der Waals surface area contributed by atoms with Gasteiger partial charge < -0.3 is 9.64 Å². The third-order valence-corrected chi connectivity index (χ3v) is 6.61. The first-order chi connectivity index (χ1) is 15.0. The molecule has 0 aromatic heterocycles. The molecule has 2 aliphatic rings. The Labute approximate surface area is 193 Å². The molecule has 0 aliphatic carbocycles. The standard InChI is InChI=1S/C23H21BrN2O4S/c1-2-30-19-8-7-18(24)11-17(19)12-20-22(28)26(23(29)31-20)14-21(27)25-10-9-15-5-3-4-6-16(15)13-25/h3-8,11-12H,2,9-10,13-14H2,1H3/b20-12+. The Hall–Kier alpha value is -2.58. The molecule has 31 heavy (non-hydrogen) atoms. The van der Waals surface area contributed by atoms with E-state index in [9.17, 15) is 14.4 Å². The van der Waals surface area contributed by atoms with Crippen molar-refractivity contribution in [3.63, 3.8) is 0 Å². The predicted molar refractivity (Wildman–Crippen MR) is 124 cm³/mol. The van der Waals surface area contributed by atoms with Crippen molar-refractivity contribution in [2.24, 2.45) is 0 Å². The number of hydrogen-bond donors (Lipinski definition) is 0. The monoisotopic (exact) mass is 500 g/mol. The van der Waals surface area contributed by atoms with Crippen molar-refractivity contribution in [1.82, 2.24) is 9.80 Å². The molecule has 8 heteroatoms. The molecule has 0 atom stereocenters. The van der Waals surface area contributed by atoms with Crippen molar-refractivity contribution < 1.29 is 19.1 Å². The summed E-state index contributed by atoms with van der Waals surface area (Å²) in [6.07, 6.45) is 2.41. The number of thioether (sulfide) groups is 1. The number of fused-ring (bicyclic) bond motifs is 1. The van der Waals surface area contributed by atoms with E-state index in [1.54, 1.807) is 17.0 Å². The van der Waals surface area contributed by atoms with Gasteiger partial charge in [0.05, 0.1) is 11.5 Å². The van der Waals surface area contributed by atoms with E-state index < -0.39 is 11.1 Å². The van der Waals surface area contributed by atoms with E-state index in [1.807, 2.05) is 37.3 Å². The molecule has 0 bridgehead atoms. The third kappa shape index (κ3) is 4.70. The van der Waals surface area contributed by atoms with Gasteiger partial charge in [0.15, 0.2) is 0 Å². The van der Waals surface area contributed by atoms with Crippen LogP contribution in [0.1, 0.15) is 23.6 Å². The molecule has 3 amide bonds. The number of carbonyl (C=O) groups excluding carboxylic acids is 3. The number of halogens is 1. The average molecular weight is 501 g/mol. The van der Waals surface area contributed by atoms with Gasteiger partial charge in [-0.2, -0.15) is 0 Å². The molecule has 0 radical (unpaired) electrons. The van der Waals surface area contributed by atoms with Crippen LogP contribution < -0.4 is 4.74 Å². The van der Waals surface area contributed by atoms with Crippen LogP contribution >= 0.6 is 27.7 Å². The van der Waals surface area contributed by atoms with E-state index in [0.717, 1.165) is 33.1 Å². The summed E-state index contributed by atoms with van der Waals surface area (Å²) in [5.74, 6) is -0.0562. The van der Waals surface area contributed by atoms with Crippen LogP contribution in [-0.4, -0.2) is 46.5 Å². The van der Waals surface area contributed by atoms with Crippen LogP contribution in [0.2, 0.25) is 0 Å². The van der Waals surface area contributed by atoms with Crippen molar-refractivity contribution in [2.75, 3.05) is 19.7 Å². The topological polar surface area (TPSA) is 66.9 Å². The summed E-state index contributed by atoms with van der Waals surface area (Å²) in [6.45, 7) is 3.19. The van der Waals surface area contributed by atoms with E-state index in [2.05, 4.69) is 22.0 Å². The Bertz CT molecular complexity index is 1080. The highest BCUT2D eigenvalue weighted by Crippen LogP contribution is 2.35. The number of hydrogen-bond acceptors (Lipinski definition) is 5. The SMILES string of the molecule is CCOc1ccc(Br)cc1/C=C1/SC(=O)N(CC(=O)N2CCc3ccccc3C2)C1=O. The van der Waals surface area contributed by atoms with E-state index in [4.69, 9.17) is 4.74 Å². The lowest BCUT2D eigenvalue weighted by Crippen LogP contribution is -2.44. The zero-order chi connectivity index (χ0) is 22.0. The summed E-state index contributed by atoms with van der Waals surface area (Å²) in [5, 5.41) is -0.435. The molecular formula is C23H21BrN2O4S. The number of benzene rings is 2. The third-order valence-electron chi connectivity index (χ3n) is 5.21. The molecule has 4 rings (SSSR count). The Morgan fingerprint density at radius 1 is 1.19 bits per heavy atom. The number of carbonyl (C=O) groups is 3. The van der Waals surface area contributed by atoms with Crippen molar-refractivity contribution in [3.05, 3.63) is 68.5 Å². The quantitative estimate of drug-likeness (QED) is 0.566. The predicted octanol–water partition coefficient (Wildman–Crippen LogP) is 4.47. The van der Waals surface area contributed by atoms with Gasteiger partial charge in [-0.3, -0.25) is 19.3 Å². The maximum absolute atomic E-state index is 12.9. The average Bonchev–Trinajstić information content (AvgIpc) is 3.02. The van der Waals surface area contributed by atoms with Crippen LogP contribution in [0.4, 0.5) is 4.79 Å². The van der Waals surface area contributed by atoms with Crippen molar-refractivity contribution in [1.29, 1.82) is 0 Å². The molecule has 2 aromatic rings. The van der Waals surface area contributed by atoms with E-state index in [1.165, 1.54) is 5.56 Å². The van der Waals surface area contributed by atoms with Gasteiger partial charge >= 0.3 is 0 Å². The summed E-state index contributed by atoms with van der Waals surface area (Å²) >= 11 is 4.26. The van der Waals surface area contributed by atoms with Crippen LogP contribution in [0, 0.1) is 0 Å². The molecule has 2 heterocycles. The minimum atomic E-state index is -0.455. The summed E-state index contributed by atoms with van der Waals surface area (Å²) in [4.78, 5) is 41.2. The van der Waals surface area contributed by atoms with Crippen LogP contribution in [-0.2, 0) is 22.6 Å². The molecule has 6 nitrogen and oxygen atoms in total. The maximum atomic E-state index is 12.9. The molecule has 2 aliphatic heterocycles. The molecule has 0 N–H and O–H groups in total. The van der Waals surface area contributed by atoms with Gasteiger partial charge in [-0.1, -0.05) is 40.2 Å². The number of nitrogens with zero attached hydrogens (tertiary/aromatic N) is 2. The molecule has 1 saturated heterocycles. The molecule has 0 spiro atoms. The lowest BCUT2D eigenvalue weighted by molar-refractivity contribution is -0.136. The second-order valence-corrected chi connectivity index (χ2v) is 9.13. The number of ether oxygens (including phenoxy) is 1. The van der Waals surface area contributed by atoms with E-state index >= 15 is 0 Å². The Morgan fingerprint density at radius 3 is 2.74 bits per heavy atom. The highest BCUT2D eigenvalue weighted by molar-refractivity contribution is 9.10. The van der Waals surface area contributed by atoms with Crippen LogP contribution in [0.25, 0.3) is 6.08 Å². The number of rotatable bonds is 5. The number of imide groups is 1. The Kier molecular flexibility index (Phi) is 6.48. The van der Waals surface area contributed by atoms with Crippen molar-refractivity contribution >= 4 is 50.8 Å². The molecule has 0 unspecified atom stereocenters. The van der Waals surface area contributed by atoms with Gasteiger partial charge in [0.25, 0.3) is 11.1 Å². The van der Waals surface area contributed by atoms with Crippen LogP contribution in [0.3, 0.4) is 0 Å². The molecule has 0 saturated carbocycles. The smallest absolute Gasteiger partial charge is 0.294 e. The van der Waals surface area contributed by atoms with Gasteiger partial charge in [-0.25, -0.2) is 0 Å².